The molecule has 1 amide bonds. The summed E-state index contributed by atoms with van der Waals surface area (Å²) in [6, 6.07) is 19.6. The number of aromatic hydroxyl groups is 1. The van der Waals surface area contributed by atoms with E-state index in [0.717, 1.165) is 16.7 Å². The monoisotopic (exact) mass is 371 g/mol. The van der Waals surface area contributed by atoms with Gasteiger partial charge in [-0.15, -0.1) is 0 Å². The summed E-state index contributed by atoms with van der Waals surface area (Å²) < 4.78 is 1.42. The number of carbonyl (C=O) groups excluding carboxylic acids is 1. The van der Waals surface area contributed by atoms with Crippen LogP contribution in [0.5, 0.6) is 5.88 Å². The number of nitrogens with one attached hydrogen (secondary N) is 1. The summed E-state index contributed by atoms with van der Waals surface area (Å²) in [5.41, 5.74) is 3.23. The number of hydrogen-bond acceptors (Lipinski definition) is 5. The fourth-order valence-corrected chi connectivity index (χ4v) is 2.77. The minimum absolute atomic E-state index is 0.154. The molecular weight excluding hydrogens is 354 g/mol. The number of benzene rings is 2. The Balaban J connectivity index is 1.42. The zero-order valence-corrected chi connectivity index (χ0v) is 14.9. The third-order valence-corrected chi connectivity index (χ3v) is 4.17. The molecule has 0 aliphatic rings. The van der Waals surface area contributed by atoms with Gasteiger partial charge in [0.25, 0.3) is 5.95 Å². The lowest BCUT2D eigenvalue weighted by Gasteiger charge is -2.08. The molecule has 0 bridgehead atoms. The van der Waals surface area contributed by atoms with Gasteiger partial charge in [-0.3, -0.25) is 4.79 Å². The van der Waals surface area contributed by atoms with Crippen LogP contribution < -0.4 is 5.32 Å². The molecule has 0 fully saturated rings. The number of amides is 1. The average Bonchev–Trinajstić information content (AvgIpc) is 3.26. The summed E-state index contributed by atoms with van der Waals surface area (Å²) in [5.74, 6) is -0.358. The van der Waals surface area contributed by atoms with Gasteiger partial charge in [-0.05, 0) is 22.8 Å². The van der Waals surface area contributed by atoms with Crippen LogP contribution in [0, 0.1) is 0 Å². The summed E-state index contributed by atoms with van der Waals surface area (Å²) in [6.07, 6.45) is 4.77. The zero-order chi connectivity index (χ0) is 19.3. The highest BCUT2D eigenvalue weighted by molar-refractivity contribution is 5.93. The Labute approximate surface area is 161 Å². The highest BCUT2D eigenvalue weighted by Gasteiger charge is 2.11. The van der Waals surface area contributed by atoms with Crippen LogP contribution in [0.4, 0.5) is 5.69 Å². The molecule has 0 saturated heterocycles. The van der Waals surface area contributed by atoms with Gasteiger partial charge in [0, 0.05) is 12.4 Å². The normalized spacial score (nSPS) is 10.6. The number of rotatable bonds is 5. The Morgan fingerprint density at radius 2 is 1.75 bits per heavy atom. The molecule has 2 aromatic carbocycles. The molecule has 4 rings (SSSR count). The minimum atomic E-state index is -0.312. The highest BCUT2D eigenvalue weighted by atomic mass is 16.3. The molecule has 0 aliphatic carbocycles. The Morgan fingerprint density at radius 3 is 2.43 bits per heavy atom. The van der Waals surface area contributed by atoms with Crippen LogP contribution in [0.2, 0.25) is 0 Å². The lowest BCUT2D eigenvalue weighted by molar-refractivity contribution is -0.115. The number of aromatic nitrogens is 4. The molecule has 28 heavy (non-hydrogen) atoms. The van der Waals surface area contributed by atoms with E-state index >= 15 is 0 Å². The van der Waals surface area contributed by atoms with E-state index in [4.69, 9.17) is 0 Å². The van der Waals surface area contributed by atoms with Crippen molar-refractivity contribution in [3.05, 3.63) is 84.8 Å². The van der Waals surface area contributed by atoms with Crippen molar-refractivity contribution in [3.63, 3.8) is 0 Å². The van der Waals surface area contributed by atoms with E-state index in [0.29, 0.717) is 0 Å². The van der Waals surface area contributed by atoms with Gasteiger partial charge in [-0.25, -0.2) is 9.67 Å². The fraction of sp³-hybridized carbons (Fsp3) is 0.0476. The average molecular weight is 371 g/mol. The first-order valence-corrected chi connectivity index (χ1v) is 8.69. The van der Waals surface area contributed by atoms with Gasteiger partial charge in [-0.2, -0.15) is 10.1 Å². The lowest BCUT2D eigenvalue weighted by Crippen LogP contribution is -2.15. The SMILES string of the molecule is O=C(Cc1ccc(-c2ccccc2)cc1)Nc1cnc(-n2cccn2)nc1O. The first-order chi connectivity index (χ1) is 13.7. The Kier molecular flexibility index (Phi) is 4.79. The van der Waals surface area contributed by atoms with Crippen LogP contribution >= 0.6 is 0 Å². The van der Waals surface area contributed by atoms with Gasteiger partial charge >= 0.3 is 0 Å². The van der Waals surface area contributed by atoms with Gasteiger partial charge < -0.3 is 10.4 Å². The van der Waals surface area contributed by atoms with Crippen LogP contribution in [0.15, 0.2) is 79.3 Å². The van der Waals surface area contributed by atoms with Gasteiger partial charge in [0.05, 0.1) is 12.6 Å². The number of anilines is 1. The van der Waals surface area contributed by atoms with E-state index < -0.39 is 0 Å². The zero-order valence-electron chi connectivity index (χ0n) is 14.9. The van der Waals surface area contributed by atoms with Crippen LogP contribution in [-0.2, 0) is 11.2 Å². The smallest absolute Gasteiger partial charge is 0.253 e. The lowest BCUT2D eigenvalue weighted by atomic mass is 10.0. The molecule has 0 atom stereocenters. The Bertz CT molecular complexity index is 1080. The van der Waals surface area contributed by atoms with E-state index in [2.05, 4.69) is 20.4 Å². The topological polar surface area (TPSA) is 92.9 Å². The van der Waals surface area contributed by atoms with Gasteiger partial charge in [0.1, 0.15) is 5.69 Å². The van der Waals surface area contributed by atoms with Gasteiger partial charge in [-0.1, -0.05) is 54.6 Å². The fourth-order valence-electron chi connectivity index (χ4n) is 2.77. The molecular formula is C21H17N5O2. The molecule has 2 aromatic heterocycles. The van der Waals surface area contributed by atoms with Crippen molar-refractivity contribution >= 4 is 11.6 Å². The molecule has 0 radical (unpaired) electrons. The maximum atomic E-state index is 12.3. The quantitative estimate of drug-likeness (QED) is 0.562. The second-order valence-electron chi connectivity index (χ2n) is 6.15. The van der Waals surface area contributed by atoms with Crippen molar-refractivity contribution in [3.8, 4) is 23.0 Å². The molecule has 4 aromatic rings. The largest absolute Gasteiger partial charge is 0.492 e. The summed E-state index contributed by atoms with van der Waals surface area (Å²) >= 11 is 0. The Hall–Kier alpha value is -4.00. The van der Waals surface area contributed by atoms with Crippen LogP contribution in [-0.4, -0.2) is 30.8 Å². The van der Waals surface area contributed by atoms with Crippen LogP contribution in [0.25, 0.3) is 17.1 Å². The van der Waals surface area contributed by atoms with Crippen molar-refractivity contribution in [2.24, 2.45) is 0 Å². The van der Waals surface area contributed by atoms with Crippen LogP contribution in [0.3, 0.4) is 0 Å². The summed E-state index contributed by atoms with van der Waals surface area (Å²) in [6.45, 7) is 0. The number of hydrogen-bond donors (Lipinski definition) is 2. The van der Waals surface area contributed by atoms with Crippen molar-refractivity contribution in [2.75, 3.05) is 5.32 Å². The molecule has 138 valence electrons. The van der Waals surface area contributed by atoms with E-state index in [9.17, 15) is 9.90 Å². The second kappa shape index (κ2) is 7.71. The van der Waals surface area contributed by atoms with E-state index in [1.54, 1.807) is 18.5 Å². The summed E-state index contributed by atoms with van der Waals surface area (Å²) in [5, 5.41) is 16.7. The molecule has 0 saturated carbocycles. The number of carbonyl (C=O) groups is 1. The molecule has 2 N–H and O–H groups in total. The van der Waals surface area contributed by atoms with Crippen molar-refractivity contribution in [2.45, 2.75) is 6.42 Å². The first-order valence-electron chi connectivity index (χ1n) is 8.69. The molecule has 2 heterocycles. The van der Waals surface area contributed by atoms with Crippen molar-refractivity contribution < 1.29 is 9.90 Å². The van der Waals surface area contributed by atoms with Crippen molar-refractivity contribution in [1.29, 1.82) is 0 Å². The standard InChI is InChI=1S/C21H17N5O2/c27-19(13-15-7-9-17(10-8-15)16-5-2-1-3-6-16)24-18-14-22-21(25-20(18)28)26-12-4-11-23-26/h1-12,14H,13H2,(H,24,27)(H,22,25,28). The third-order valence-electron chi connectivity index (χ3n) is 4.17. The maximum absolute atomic E-state index is 12.3. The summed E-state index contributed by atoms with van der Waals surface area (Å²) in [7, 11) is 0. The van der Waals surface area contributed by atoms with Gasteiger partial charge in [0.15, 0.2) is 0 Å². The van der Waals surface area contributed by atoms with Crippen molar-refractivity contribution in [1.82, 2.24) is 19.7 Å². The van der Waals surface area contributed by atoms with E-state index in [1.807, 2.05) is 54.6 Å². The molecule has 7 nitrogen and oxygen atoms in total. The van der Waals surface area contributed by atoms with E-state index in [1.165, 1.54) is 10.9 Å². The molecule has 7 heteroatoms. The van der Waals surface area contributed by atoms with Gasteiger partial charge in [0.2, 0.25) is 11.8 Å². The Morgan fingerprint density at radius 1 is 1.00 bits per heavy atom. The number of nitrogens with zero attached hydrogens (tertiary/aromatic N) is 4. The highest BCUT2D eigenvalue weighted by Crippen LogP contribution is 2.21. The predicted molar refractivity (Wildman–Crippen MR) is 105 cm³/mol. The molecule has 0 unspecified atom stereocenters. The first kappa shape index (κ1) is 17.4. The summed E-state index contributed by atoms with van der Waals surface area (Å²) in [4.78, 5) is 20.4. The third kappa shape index (κ3) is 3.88. The maximum Gasteiger partial charge on any atom is 0.253 e. The molecule has 0 aliphatic heterocycles. The van der Waals surface area contributed by atoms with Crippen LogP contribution in [0.1, 0.15) is 5.56 Å². The minimum Gasteiger partial charge on any atom is -0.492 e. The second-order valence-corrected chi connectivity index (χ2v) is 6.15. The van der Waals surface area contributed by atoms with E-state index in [-0.39, 0.29) is 29.8 Å². The molecule has 0 spiro atoms. The predicted octanol–water partition coefficient (Wildman–Crippen LogP) is 3.22.